The molecular weight excluding hydrogens is 196 g/mol. The average Bonchev–Trinajstić information content (AvgIpc) is 3.09. The zero-order valence-electron chi connectivity index (χ0n) is 11.5. The van der Waals surface area contributed by atoms with E-state index < -0.39 is 0 Å². The molecule has 0 heterocycles. The van der Waals surface area contributed by atoms with Crippen molar-refractivity contribution in [3.05, 3.63) is 0 Å². The van der Waals surface area contributed by atoms with Crippen LogP contribution in [-0.2, 0) is 0 Å². The van der Waals surface area contributed by atoms with E-state index in [1.54, 1.807) is 0 Å². The summed E-state index contributed by atoms with van der Waals surface area (Å²) in [6.07, 6.45) is 8.24. The predicted molar refractivity (Wildman–Crippen MR) is 71.8 cm³/mol. The van der Waals surface area contributed by atoms with Crippen molar-refractivity contribution in [1.82, 2.24) is 10.2 Å². The SMILES string of the molecule is CCCCN(C)CCNC(CCC)C1CC1. The van der Waals surface area contributed by atoms with Gasteiger partial charge in [-0.3, -0.25) is 0 Å². The molecule has 0 saturated heterocycles. The highest BCUT2D eigenvalue weighted by atomic mass is 15.1. The van der Waals surface area contributed by atoms with E-state index in [2.05, 4.69) is 31.1 Å². The zero-order valence-corrected chi connectivity index (χ0v) is 11.5. The highest BCUT2D eigenvalue weighted by Crippen LogP contribution is 2.34. The molecule has 0 spiro atoms. The molecule has 1 saturated carbocycles. The lowest BCUT2D eigenvalue weighted by Gasteiger charge is -2.21. The summed E-state index contributed by atoms with van der Waals surface area (Å²) < 4.78 is 0. The summed E-state index contributed by atoms with van der Waals surface area (Å²) in [4.78, 5) is 2.45. The molecule has 96 valence electrons. The van der Waals surface area contributed by atoms with Crippen LogP contribution < -0.4 is 5.32 Å². The van der Waals surface area contributed by atoms with E-state index in [9.17, 15) is 0 Å². The summed E-state index contributed by atoms with van der Waals surface area (Å²) in [6.45, 7) is 8.18. The van der Waals surface area contributed by atoms with Crippen molar-refractivity contribution in [3.63, 3.8) is 0 Å². The third-order valence-electron chi connectivity index (χ3n) is 3.58. The van der Waals surface area contributed by atoms with Crippen LogP contribution >= 0.6 is 0 Å². The minimum Gasteiger partial charge on any atom is -0.312 e. The van der Waals surface area contributed by atoms with Crippen LogP contribution in [0.25, 0.3) is 0 Å². The molecule has 0 radical (unpaired) electrons. The van der Waals surface area contributed by atoms with Crippen LogP contribution in [0.5, 0.6) is 0 Å². The van der Waals surface area contributed by atoms with Gasteiger partial charge in [-0.15, -0.1) is 0 Å². The third kappa shape index (κ3) is 5.86. The van der Waals surface area contributed by atoms with Crippen LogP contribution in [0.1, 0.15) is 52.4 Å². The van der Waals surface area contributed by atoms with Gasteiger partial charge in [0.05, 0.1) is 0 Å². The van der Waals surface area contributed by atoms with E-state index in [4.69, 9.17) is 0 Å². The first-order valence-electron chi connectivity index (χ1n) is 7.19. The number of hydrogen-bond acceptors (Lipinski definition) is 2. The Kier molecular flexibility index (Phi) is 7.06. The molecule has 1 aliphatic rings. The van der Waals surface area contributed by atoms with E-state index in [0.717, 1.165) is 12.0 Å². The van der Waals surface area contributed by atoms with E-state index >= 15 is 0 Å². The smallest absolute Gasteiger partial charge is 0.0104 e. The van der Waals surface area contributed by atoms with E-state index in [-0.39, 0.29) is 0 Å². The molecule has 1 fully saturated rings. The lowest BCUT2D eigenvalue weighted by atomic mass is 10.1. The van der Waals surface area contributed by atoms with Crippen molar-refractivity contribution in [3.8, 4) is 0 Å². The number of nitrogens with one attached hydrogen (secondary N) is 1. The summed E-state index contributed by atoms with van der Waals surface area (Å²) in [5.74, 6) is 1.00. The number of hydrogen-bond donors (Lipinski definition) is 1. The largest absolute Gasteiger partial charge is 0.312 e. The van der Waals surface area contributed by atoms with Crippen LogP contribution in [0.2, 0.25) is 0 Å². The van der Waals surface area contributed by atoms with Gasteiger partial charge in [0.25, 0.3) is 0 Å². The minimum atomic E-state index is 0.810. The second-order valence-corrected chi connectivity index (χ2v) is 5.34. The molecule has 1 aliphatic carbocycles. The monoisotopic (exact) mass is 226 g/mol. The van der Waals surface area contributed by atoms with Gasteiger partial charge >= 0.3 is 0 Å². The molecule has 16 heavy (non-hydrogen) atoms. The Hall–Kier alpha value is -0.0800. The van der Waals surface area contributed by atoms with Gasteiger partial charge in [-0.1, -0.05) is 26.7 Å². The van der Waals surface area contributed by atoms with Crippen LogP contribution in [0, 0.1) is 5.92 Å². The fourth-order valence-corrected chi connectivity index (χ4v) is 2.29. The number of rotatable bonds is 10. The molecule has 2 nitrogen and oxygen atoms in total. The number of unbranched alkanes of at least 4 members (excludes halogenated alkanes) is 1. The lowest BCUT2D eigenvalue weighted by Crippen LogP contribution is -2.37. The van der Waals surface area contributed by atoms with Crippen molar-refractivity contribution in [1.29, 1.82) is 0 Å². The highest BCUT2D eigenvalue weighted by molar-refractivity contribution is 4.86. The summed E-state index contributed by atoms with van der Waals surface area (Å²) in [5.41, 5.74) is 0. The standard InChI is InChI=1S/C14H30N2/c1-4-6-11-16(3)12-10-15-14(7-5-2)13-8-9-13/h13-15H,4-12H2,1-3H3. The van der Waals surface area contributed by atoms with Gasteiger partial charge in [-0.05, 0) is 45.2 Å². The molecule has 0 aliphatic heterocycles. The van der Waals surface area contributed by atoms with Gasteiger partial charge in [0.2, 0.25) is 0 Å². The fraction of sp³-hybridized carbons (Fsp3) is 1.00. The van der Waals surface area contributed by atoms with Crippen molar-refractivity contribution in [2.75, 3.05) is 26.7 Å². The molecule has 0 amide bonds. The molecule has 1 rings (SSSR count). The van der Waals surface area contributed by atoms with Gasteiger partial charge in [0.1, 0.15) is 0 Å². The Morgan fingerprint density at radius 3 is 2.50 bits per heavy atom. The summed E-state index contributed by atoms with van der Waals surface area (Å²) in [7, 11) is 2.24. The normalized spacial score (nSPS) is 18.0. The second kappa shape index (κ2) is 8.08. The minimum absolute atomic E-state index is 0.810. The fourth-order valence-electron chi connectivity index (χ4n) is 2.29. The maximum Gasteiger partial charge on any atom is 0.0104 e. The van der Waals surface area contributed by atoms with Crippen LogP contribution in [0.3, 0.4) is 0 Å². The Balaban J connectivity index is 2.03. The Morgan fingerprint density at radius 2 is 1.94 bits per heavy atom. The molecule has 0 aromatic rings. The molecule has 1 unspecified atom stereocenters. The van der Waals surface area contributed by atoms with Crippen molar-refractivity contribution in [2.24, 2.45) is 5.92 Å². The van der Waals surface area contributed by atoms with E-state index in [1.807, 2.05) is 0 Å². The van der Waals surface area contributed by atoms with Gasteiger partial charge in [0.15, 0.2) is 0 Å². The lowest BCUT2D eigenvalue weighted by molar-refractivity contribution is 0.310. The summed E-state index contributed by atoms with van der Waals surface area (Å²) in [6, 6.07) is 0.810. The Labute approximate surface area is 102 Å². The summed E-state index contributed by atoms with van der Waals surface area (Å²) >= 11 is 0. The molecule has 0 aromatic carbocycles. The van der Waals surface area contributed by atoms with Gasteiger partial charge in [-0.25, -0.2) is 0 Å². The molecular formula is C14H30N2. The first kappa shape index (κ1) is 14.0. The number of likely N-dealkylation sites (N-methyl/N-ethyl adjacent to an activating group) is 1. The van der Waals surface area contributed by atoms with Crippen LogP contribution in [0.15, 0.2) is 0 Å². The average molecular weight is 226 g/mol. The molecule has 0 aromatic heterocycles. The third-order valence-corrected chi connectivity index (χ3v) is 3.58. The topological polar surface area (TPSA) is 15.3 Å². The van der Waals surface area contributed by atoms with Gasteiger partial charge in [0, 0.05) is 19.1 Å². The Morgan fingerprint density at radius 1 is 1.19 bits per heavy atom. The number of nitrogens with zero attached hydrogens (tertiary/aromatic N) is 1. The predicted octanol–water partition coefficient (Wildman–Crippen LogP) is 2.89. The van der Waals surface area contributed by atoms with Gasteiger partial charge in [-0.2, -0.15) is 0 Å². The highest BCUT2D eigenvalue weighted by Gasteiger charge is 2.29. The quantitative estimate of drug-likeness (QED) is 0.616. The maximum absolute atomic E-state index is 3.75. The zero-order chi connectivity index (χ0) is 11.8. The van der Waals surface area contributed by atoms with E-state index in [1.165, 1.54) is 58.2 Å². The van der Waals surface area contributed by atoms with E-state index in [0.29, 0.717) is 0 Å². The second-order valence-electron chi connectivity index (χ2n) is 5.34. The Bertz CT molecular complexity index is 166. The van der Waals surface area contributed by atoms with Crippen LogP contribution in [-0.4, -0.2) is 37.6 Å². The summed E-state index contributed by atoms with van der Waals surface area (Å²) in [5, 5.41) is 3.75. The molecule has 1 atom stereocenters. The maximum atomic E-state index is 3.75. The van der Waals surface area contributed by atoms with Crippen molar-refractivity contribution >= 4 is 0 Å². The molecule has 1 N–H and O–H groups in total. The molecule has 2 heteroatoms. The molecule has 0 bridgehead atoms. The van der Waals surface area contributed by atoms with Crippen molar-refractivity contribution < 1.29 is 0 Å². The first-order valence-corrected chi connectivity index (χ1v) is 7.19. The van der Waals surface area contributed by atoms with Gasteiger partial charge < -0.3 is 10.2 Å². The van der Waals surface area contributed by atoms with Crippen molar-refractivity contribution in [2.45, 2.75) is 58.4 Å². The first-order chi connectivity index (χ1) is 7.77. The van der Waals surface area contributed by atoms with Crippen LogP contribution in [0.4, 0.5) is 0 Å².